The van der Waals surface area contributed by atoms with Crippen molar-refractivity contribution >= 4 is 92.7 Å². The summed E-state index contributed by atoms with van der Waals surface area (Å²) in [5, 5.41) is 66.3. The fraction of sp³-hybridized carbons (Fsp3) is 0.381. The van der Waals surface area contributed by atoms with Crippen molar-refractivity contribution < 1.29 is 88.4 Å². The third-order valence-corrected chi connectivity index (χ3v) is 22.3. The predicted molar refractivity (Wildman–Crippen MR) is 440 cm³/mol. The molecule has 0 spiro atoms. The Labute approximate surface area is 717 Å². The second kappa shape index (κ2) is 35.8. The molecule has 648 valence electrons. The van der Waals surface area contributed by atoms with E-state index in [1.165, 1.54) is 72.0 Å². The van der Waals surface area contributed by atoms with Gasteiger partial charge in [0.25, 0.3) is 0 Å². The summed E-state index contributed by atoms with van der Waals surface area (Å²) in [7, 11) is 0. The Morgan fingerprint density at radius 3 is 0.935 bits per heavy atom. The van der Waals surface area contributed by atoms with Gasteiger partial charge in [0.2, 0.25) is 0 Å². The minimum absolute atomic E-state index is 0.0759. The summed E-state index contributed by atoms with van der Waals surface area (Å²) in [6.45, 7) is -7.20. The first-order valence-electron chi connectivity index (χ1n) is 45.0. The van der Waals surface area contributed by atoms with Crippen molar-refractivity contribution in [3.05, 3.63) is 215 Å². The molecule has 8 amide bonds. The maximum atomic E-state index is 14.5. The first-order chi connectivity index (χ1) is 63.7. The number of aliphatic hydroxyl groups excluding tert-OH is 4. The van der Waals surface area contributed by atoms with Crippen molar-refractivity contribution in [2.24, 2.45) is 0 Å². The first kappa shape index (κ1) is 71.5. The number of amides is 8. The lowest BCUT2D eigenvalue weighted by atomic mass is 10.0. The molecule has 4 aromatic carbocycles. The van der Waals surface area contributed by atoms with Gasteiger partial charge in [-0.2, -0.15) is 20.4 Å². The molecule has 124 heavy (non-hydrogen) atoms. The molecule has 20 rings (SSSR count). The van der Waals surface area contributed by atoms with Gasteiger partial charge < -0.3 is 80.9 Å². The van der Waals surface area contributed by atoms with Crippen LogP contribution in [-0.2, 0) is 0 Å². The lowest BCUT2D eigenvalue weighted by Gasteiger charge is -2.26. The standard InChI is InChI=1S/4C21H22F2N6O2/c4*22-13-3-4-16(23)15(10-13)18-2-1-7-28(18)19-6-9-29-20(26-19)17(11-24-29)25-21(31)27-8-5-14(30)12-27/h4*3-4,6,9-11,14,18,30H,1-2,5,7-8,12H2,(H,25,31)/t4*14-,18+/m0000/s1/i8D2,12D2;12D2;8D2;5D2. The highest BCUT2D eigenvalue weighted by molar-refractivity contribution is 5.96. The van der Waals surface area contributed by atoms with Crippen LogP contribution in [0.4, 0.5) is 100 Å². The predicted octanol–water partition coefficient (Wildman–Crippen LogP) is 11.8. The lowest BCUT2D eigenvalue weighted by molar-refractivity contribution is 0.176. The van der Waals surface area contributed by atoms with E-state index in [4.69, 9.17) is 13.7 Å². The molecule has 0 bridgehead atoms. The lowest BCUT2D eigenvalue weighted by Crippen LogP contribution is -2.33. The fourth-order valence-corrected chi connectivity index (χ4v) is 16.4. The molecule has 8 aliphatic heterocycles. The number of benzene rings is 4. The number of aliphatic hydroxyl groups is 4. The molecule has 8 aromatic heterocycles. The summed E-state index contributed by atoms with van der Waals surface area (Å²) in [4.78, 5) is 80.2. The highest BCUT2D eigenvalue weighted by Crippen LogP contribution is 2.43. The summed E-state index contributed by atoms with van der Waals surface area (Å²) in [6, 6.07) is 15.8. The van der Waals surface area contributed by atoms with Gasteiger partial charge in [-0.05, 0) is 174 Å². The van der Waals surface area contributed by atoms with Crippen molar-refractivity contribution in [1.82, 2.24) is 78.0 Å². The van der Waals surface area contributed by atoms with Gasteiger partial charge in [-0.1, -0.05) is 0 Å². The third kappa shape index (κ3) is 17.8. The van der Waals surface area contributed by atoms with Crippen LogP contribution >= 0.6 is 0 Å². The molecule has 8 N–H and O–H groups in total. The number of fused-ring (bicyclic) bond motifs is 4. The maximum Gasteiger partial charge on any atom is 0.322 e. The number of carbonyl (C=O) groups is 4. The quantitative estimate of drug-likeness (QED) is 0.0527. The van der Waals surface area contributed by atoms with E-state index in [1.807, 2.05) is 19.6 Å². The minimum atomic E-state index is -2.62. The van der Waals surface area contributed by atoms with Crippen LogP contribution in [0.1, 0.15) is 137 Å². The van der Waals surface area contributed by atoms with E-state index in [2.05, 4.69) is 61.6 Å². The van der Waals surface area contributed by atoms with E-state index in [-0.39, 0.29) is 102 Å². The Bertz CT molecular complexity index is 6340. The van der Waals surface area contributed by atoms with Crippen LogP contribution in [0, 0.1) is 46.5 Å². The summed E-state index contributed by atoms with van der Waals surface area (Å²) in [5.41, 5.74) is 3.19. The van der Waals surface area contributed by atoms with E-state index in [0.29, 0.717) is 103 Å². The number of hydrogen-bond donors (Lipinski definition) is 8. The number of urea groups is 4. The molecule has 8 atom stereocenters. The Morgan fingerprint density at radius 1 is 0.339 bits per heavy atom. The molecule has 32 nitrogen and oxygen atoms in total. The monoisotopic (exact) mass is 1720 g/mol. The zero-order valence-electron chi connectivity index (χ0n) is 75.8. The van der Waals surface area contributed by atoms with Crippen molar-refractivity contribution in [3.8, 4) is 0 Å². The van der Waals surface area contributed by atoms with Crippen LogP contribution in [0.5, 0.6) is 0 Å². The molecular formula is C84H88F8N24O8. The van der Waals surface area contributed by atoms with Crippen molar-refractivity contribution in [2.45, 2.75) is 126 Å². The minimum Gasteiger partial charge on any atom is -0.391 e. The number of rotatable bonds is 12. The smallest absolute Gasteiger partial charge is 0.322 e. The summed E-state index contributed by atoms with van der Waals surface area (Å²) < 4.78 is 198. The zero-order valence-corrected chi connectivity index (χ0v) is 65.8. The molecule has 0 radical (unpaired) electrons. The van der Waals surface area contributed by atoms with Gasteiger partial charge in [0.05, 0.1) is 78.9 Å². The maximum absolute atomic E-state index is 14.5. The number of hydrogen-bond acceptors (Lipinski definition) is 20. The second-order valence-electron chi connectivity index (χ2n) is 30.4. The highest BCUT2D eigenvalue weighted by Gasteiger charge is 2.37. The molecule has 0 saturated carbocycles. The average Bonchev–Trinajstić information content (AvgIpc) is 1.58. The van der Waals surface area contributed by atoms with Crippen molar-refractivity contribution in [2.75, 3.05) is 119 Å². The summed E-state index contributed by atoms with van der Waals surface area (Å²) in [5.74, 6) is -1.96. The van der Waals surface area contributed by atoms with Gasteiger partial charge in [0.1, 0.15) is 92.6 Å². The topological polar surface area (TPSA) is 344 Å². The summed E-state index contributed by atoms with van der Waals surface area (Å²) >= 11 is 0. The third-order valence-electron chi connectivity index (χ3n) is 22.3. The van der Waals surface area contributed by atoms with Gasteiger partial charge in [-0.25, -0.2) is 92.3 Å². The zero-order chi connectivity index (χ0) is 95.1. The van der Waals surface area contributed by atoms with Crippen LogP contribution in [-0.4, -0.2) is 225 Å². The van der Waals surface area contributed by atoms with Gasteiger partial charge >= 0.3 is 24.1 Å². The fourth-order valence-electron chi connectivity index (χ4n) is 16.4. The van der Waals surface area contributed by atoms with E-state index < -0.39 is 140 Å². The molecule has 0 aliphatic carbocycles. The largest absolute Gasteiger partial charge is 0.391 e. The number of nitrogens with zero attached hydrogens (tertiary/aromatic N) is 20. The number of likely N-dealkylation sites (tertiary alicyclic amines) is 4. The van der Waals surface area contributed by atoms with Crippen molar-refractivity contribution in [1.29, 1.82) is 0 Å². The van der Waals surface area contributed by atoms with Crippen LogP contribution in [0.3, 0.4) is 0 Å². The number of anilines is 8. The molecule has 0 unspecified atom stereocenters. The Morgan fingerprint density at radius 2 is 0.637 bits per heavy atom. The van der Waals surface area contributed by atoms with E-state index in [0.717, 1.165) is 84.0 Å². The van der Waals surface area contributed by atoms with E-state index in [1.54, 1.807) is 49.1 Å². The molecule has 8 saturated heterocycles. The summed E-state index contributed by atoms with van der Waals surface area (Å²) in [6.07, 6.45) is 10.1. The highest BCUT2D eigenvalue weighted by atomic mass is 19.2. The second-order valence-corrected chi connectivity index (χ2v) is 30.4. The Balaban J connectivity index is 0.000000124. The van der Waals surface area contributed by atoms with Crippen LogP contribution in [0.2, 0.25) is 0 Å². The number of nitrogens with one attached hydrogen (secondary N) is 4. The SMILES string of the molecule is [2H]C1([2H])CN(C(=O)Nc2cnn3ccc(N4CCC[C@@H]4c4cc(F)ccc4F)nc23)C[C@H]1O.[2H]C1([2H])C[C@H](O)C([2H])([2H])N1C(=O)Nc1cnn2ccc(N3CCC[C@@H]3c3cc(F)ccc3F)nc12.[2H]C1([2H])C[C@H](O)CN1C(=O)Nc1cnn2ccc(N3CCC[C@@H]3c3cc(F)ccc3F)nc12.[2H]C1([2H])[C@@H](O)CCN1C(=O)Nc1cnn2ccc(N3CCC[C@@H]3c3cc(F)ccc3F)nc12. The van der Waals surface area contributed by atoms with Crippen molar-refractivity contribution in [3.63, 3.8) is 0 Å². The normalized spacial score (nSPS) is 24.5. The van der Waals surface area contributed by atoms with Gasteiger partial charge in [-0.3, -0.25) is 0 Å². The molecule has 16 heterocycles. The van der Waals surface area contributed by atoms with Gasteiger partial charge in [0, 0.05) is 134 Å². The average molecular weight is 1720 g/mol. The molecule has 40 heteroatoms. The molecule has 12 aromatic rings. The van der Waals surface area contributed by atoms with Crippen LogP contribution in [0.15, 0.2) is 147 Å². The number of aromatic nitrogens is 12. The van der Waals surface area contributed by atoms with Crippen LogP contribution in [0.25, 0.3) is 22.6 Å². The number of β-amino-alcohol motifs (C(OH)–C–C–N with tert-alkyl or cyclic N) is 4. The van der Waals surface area contributed by atoms with E-state index >= 15 is 0 Å². The Hall–Kier alpha value is -13.1. The Kier molecular flexibility index (Phi) is 20.6. The first-order valence-corrected chi connectivity index (χ1v) is 40.0. The number of carbonyl (C=O) groups excluding carboxylic acids is 4. The van der Waals surface area contributed by atoms with Crippen LogP contribution < -0.4 is 40.9 Å². The molecule has 8 aliphatic rings. The van der Waals surface area contributed by atoms with Gasteiger partial charge in [0.15, 0.2) is 22.6 Å². The number of halogens is 8. The molecule has 8 fully saturated rings. The van der Waals surface area contributed by atoms with Gasteiger partial charge in [-0.15, -0.1) is 0 Å². The molecular weight excluding hydrogens is 1630 g/mol. The van der Waals surface area contributed by atoms with E-state index in [9.17, 15) is 74.7 Å².